The molecule has 8 heteroatoms. The first-order valence-electron chi connectivity index (χ1n) is 9.62. The Labute approximate surface area is 173 Å². The zero-order chi connectivity index (χ0) is 20.6. The minimum Gasteiger partial charge on any atom is -0.371 e. The molecule has 2 aromatic rings. The van der Waals surface area contributed by atoms with Crippen molar-refractivity contribution in [1.82, 2.24) is 9.88 Å². The molecular weight excluding hydrogens is 388 g/mol. The Morgan fingerprint density at radius 1 is 1.41 bits per heavy atom. The number of amides is 2. The van der Waals surface area contributed by atoms with Gasteiger partial charge in [-0.3, -0.25) is 14.6 Å². The van der Waals surface area contributed by atoms with E-state index in [9.17, 15) is 14.9 Å². The molecule has 1 aromatic carbocycles. The summed E-state index contributed by atoms with van der Waals surface area (Å²) in [6.45, 7) is 2.59. The highest BCUT2D eigenvalue weighted by molar-refractivity contribution is 7.99. The van der Waals surface area contributed by atoms with Crippen molar-refractivity contribution in [2.45, 2.75) is 37.8 Å². The molecule has 2 fully saturated rings. The van der Waals surface area contributed by atoms with E-state index in [1.165, 1.54) is 0 Å². The number of pyridine rings is 1. The third-order valence-electron chi connectivity index (χ3n) is 5.46. The van der Waals surface area contributed by atoms with Crippen LogP contribution in [0.2, 0.25) is 0 Å². The molecule has 4 rings (SSSR count). The Hall–Kier alpha value is -2.63. The maximum absolute atomic E-state index is 12.7. The second-order valence-corrected chi connectivity index (χ2v) is 8.37. The number of nitrogens with two attached hydrogens (primary N) is 1. The number of hydrogen-bond acceptors (Lipinski definition) is 6. The van der Waals surface area contributed by atoms with Gasteiger partial charge in [0.2, 0.25) is 11.8 Å². The second kappa shape index (κ2) is 7.65. The third-order valence-corrected chi connectivity index (χ3v) is 6.47. The first-order chi connectivity index (χ1) is 14.0. The fraction of sp³-hybridized carbons (Fsp3) is 0.429. The van der Waals surface area contributed by atoms with Crippen molar-refractivity contribution in [3.05, 3.63) is 41.1 Å². The average Bonchev–Trinajstić information content (AvgIpc) is 3.33. The van der Waals surface area contributed by atoms with E-state index in [1.807, 2.05) is 25.1 Å². The number of nitrogens with zero attached hydrogens (tertiary/aromatic N) is 3. The van der Waals surface area contributed by atoms with Crippen LogP contribution in [0.4, 0.5) is 0 Å². The summed E-state index contributed by atoms with van der Waals surface area (Å²) in [5.74, 6) is 0.380. The van der Waals surface area contributed by atoms with Crippen LogP contribution in [-0.4, -0.2) is 46.0 Å². The molecule has 0 radical (unpaired) electrons. The van der Waals surface area contributed by atoms with Crippen molar-refractivity contribution in [2.75, 3.05) is 18.2 Å². The van der Waals surface area contributed by atoms with Gasteiger partial charge in [0.05, 0.1) is 40.7 Å². The number of ether oxygens (including phenoxy) is 1. The number of hydrogen-bond donors (Lipinski definition) is 1. The van der Waals surface area contributed by atoms with E-state index < -0.39 is 11.9 Å². The van der Waals surface area contributed by atoms with Crippen LogP contribution in [0.1, 0.15) is 41.4 Å². The van der Waals surface area contributed by atoms with Gasteiger partial charge in [-0.2, -0.15) is 5.26 Å². The van der Waals surface area contributed by atoms with Gasteiger partial charge < -0.3 is 15.4 Å². The van der Waals surface area contributed by atoms with Crippen LogP contribution in [0.5, 0.6) is 0 Å². The molecule has 1 aliphatic carbocycles. The molecule has 0 bridgehead atoms. The Balaban J connectivity index is 1.68. The van der Waals surface area contributed by atoms with Gasteiger partial charge in [0, 0.05) is 17.7 Å². The summed E-state index contributed by atoms with van der Waals surface area (Å²) in [6, 6.07) is 9.09. The molecule has 2 N–H and O–H groups in total. The van der Waals surface area contributed by atoms with Crippen molar-refractivity contribution in [3.8, 4) is 6.07 Å². The lowest BCUT2D eigenvalue weighted by Gasteiger charge is -2.19. The molecule has 2 heterocycles. The summed E-state index contributed by atoms with van der Waals surface area (Å²) in [6.07, 6.45) is 1.93. The maximum Gasteiger partial charge on any atom is 0.249 e. The summed E-state index contributed by atoms with van der Waals surface area (Å²) >= 11 is 1.55. The zero-order valence-corrected chi connectivity index (χ0v) is 17.0. The standard InChI is InChI=1S/C21H22N4O3S/c1-2-28-21(5-6-21)13-3-4-18-16(7-13)17(20(23)27)8-14(24-18)9-19(26)25-12-29-11-15(25)10-22/h3-4,7-8,15H,2,5-6,9,11-12H2,1H3,(H2,23,27). The van der Waals surface area contributed by atoms with Gasteiger partial charge in [-0.25, -0.2) is 0 Å². The SMILES string of the molecule is CCOC1(c2ccc3nc(CC(=O)N4CSCC4C#N)cc(C(N)=O)c3c2)CC1. The fourth-order valence-corrected chi connectivity index (χ4v) is 4.92. The molecule has 1 aromatic heterocycles. The van der Waals surface area contributed by atoms with Crippen LogP contribution in [-0.2, 0) is 21.6 Å². The molecule has 150 valence electrons. The molecule has 0 spiro atoms. The van der Waals surface area contributed by atoms with E-state index in [4.69, 9.17) is 10.5 Å². The summed E-state index contributed by atoms with van der Waals surface area (Å²) in [4.78, 5) is 30.9. The van der Waals surface area contributed by atoms with Crippen molar-refractivity contribution in [1.29, 1.82) is 5.26 Å². The van der Waals surface area contributed by atoms with Gasteiger partial charge in [0.25, 0.3) is 0 Å². The van der Waals surface area contributed by atoms with Crippen LogP contribution in [0.15, 0.2) is 24.3 Å². The largest absolute Gasteiger partial charge is 0.371 e. The second-order valence-electron chi connectivity index (χ2n) is 7.37. The van der Waals surface area contributed by atoms with Crippen molar-refractivity contribution in [3.63, 3.8) is 0 Å². The van der Waals surface area contributed by atoms with E-state index in [2.05, 4.69) is 11.1 Å². The van der Waals surface area contributed by atoms with E-state index in [-0.39, 0.29) is 17.9 Å². The fourth-order valence-electron chi connectivity index (χ4n) is 3.82. The third kappa shape index (κ3) is 3.68. The Kier molecular flexibility index (Phi) is 5.19. The molecule has 29 heavy (non-hydrogen) atoms. The summed E-state index contributed by atoms with van der Waals surface area (Å²) in [5, 5.41) is 9.87. The highest BCUT2D eigenvalue weighted by Gasteiger charge is 2.45. The summed E-state index contributed by atoms with van der Waals surface area (Å²) in [7, 11) is 0. The highest BCUT2D eigenvalue weighted by Crippen LogP contribution is 2.49. The minimum absolute atomic E-state index is 0.0274. The van der Waals surface area contributed by atoms with E-state index in [1.54, 1.807) is 22.7 Å². The van der Waals surface area contributed by atoms with Crippen LogP contribution in [0, 0.1) is 11.3 Å². The van der Waals surface area contributed by atoms with E-state index >= 15 is 0 Å². The average molecular weight is 410 g/mol. The number of aromatic nitrogens is 1. The Bertz CT molecular complexity index is 1030. The van der Waals surface area contributed by atoms with Gasteiger partial charge in [-0.1, -0.05) is 6.07 Å². The highest BCUT2D eigenvalue weighted by atomic mass is 32.2. The summed E-state index contributed by atoms with van der Waals surface area (Å²) < 4.78 is 5.91. The van der Waals surface area contributed by atoms with Crippen molar-refractivity contribution in [2.24, 2.45) is 5.73 Å². The van der Waals surface area contributed by atoms with Crippen LogP contribution < -0.4 is 5.73 Å². The van der Waals surface area contributed by atoms with E-state index in [0.29, 0.717) is 40.4 Å². The first kappa shape index (κ1) is 19.7. The van der Waals surface area contributed by atoms with Gasteiger partial charge in [-0.15, -0.1) is 11.8 Å². The predicted octanol–water partition coefficient (Wildman–Crippen LogP) is 2.33. The number of thioether (sulfide) groups is 1. The molecule has 1 saturated carbocycles. The molecule has 2 aliphatic rings. The van der Waals surface area contributed by atoms with Gasteiger partial charge >= 0.3 is 0 Å². The maximum atomic E-state index is 12.7. The number of carbonyl (C=O) groups excluding carboxylic acids is 2. The van der Waals surface area contributed by atoms with Crippen LogP contribution in [0.25, 0.3) is 10.9 Å². The normalized spacial score (nSPS) is 19.9. The molecule has 1 atom stereocenters. The molecule has 1 saturated heterocycles. The quantitative estimate of drug-likeness (QED) is 0.783. The number of primary amides is 1. The van der Waals surface area contributed by atoms with E-state index in [0.717, 1.165) is 18.4 Å². The lowest BCUT2D eigenvalue weighted by Crippen LogP contribution is -2.36. The number of benzene rings is 1. The monoisotopic (exact) mass is 410 g/mol. The lowest BCUT2D eigenvalue weighted by molar-refractivity contribution is -0.130. The number of nitriles is 1. The minimum atomic E-state index is -0.559. The Morgan fingerprint density at radius 2 is 2.21 bits per heavy atom. The van der Waals surface area contributed by atoms with Crippen molar-refractivity contribution < 1.29 is 14.3 Å². The van der Waals surface area contributed by atoms with Crippen LogP contribution in [0.3, 0.4) is 0 Å². The Morgan fingerprint density at radius 3 is 2.86 bits per heavy atom. The number of rotatable bonds is 6. The lowest BCUT2D eigenvalue weighted by atomic mass is 10.00. The molecule has 7 nitrogen and oxygen atoms in total. The van der Waals surface area contributed by atoms with Gasteiger partial charge in [-0.05, 0) is 43.5 Å². The summed E-state index contributed by atoms with van der Waals surface area (Å²) in [5.41, 5.74) is 7.83. The van der Waals surface area contributed by atoms with Gasteiger partial charge in [0.15, 0.2) is 0 Å². The topological polar surface area (TPSA) is 109 Å². The first-order valence-corrected chi connectivity index (χ1v) is 10.8. The number of carbonyl (C=O) groups is 2. The molecule has 2 amide bonds. The van der Waals surface area contributed by atoms with Crippen LogP contribution >= 0.6 is 11.8 Å². The smallest absolute Gasteiger partial charge is 0.249 e. The molecule has 1 unspecified atom stereocenters. The molecular formula is C21H22N4O3S. The zero-order valence-electron chi connectivity index (χ0n) is 16.2. The van der Waals surface area contributed by atoms with Gasteiger partial charge in [0.1, 0.15) is 6.04 Å². The van der Waals surface area contributed by atoms with Crippen molar-refractivity contribution >= 4 is 34.5 Å². The number of fused-ring (bicyclic) bond motifs is 1. The molecule has 1 aliphatic heterocycles. The predicted molar refractivity (Wildman–Crippen MR) is 110 cm³/mol.